The number of amides is 3. The Morgan fingerprint density at radius 2 is 1.67 bits per heavy atom. The van der Waals surface area contributed by atoms with E-state index in [9.17, 15) is 9.59 Å². The van der Waals surface area contributed by atoms with E-state index in [4.69, 9.17) is 11.6 Å². The van der Waals surface area contributed by atoms with Crippen LogP contribution in [0.3, 0.4) is 0 Å². The average molecular weight is 321 g/mol. The number of benzene rings is 2. The lowest BCUT2D eigenvalue weighted by Gasteiger charge is -2.07. The minimum Gasteiger partial charge on any atom is -0.308 e. The van der Waals surface area contributed by atoms with E-state index in [-0.39, 0.29) is 11.7 Å². The number of hydrogen-bond donors (Lipinski definition) is 2. The molecule has 2 N–H and O–H groups in total. The monoisotopic (exact) mass is 320 g/mol. The van der Waals surface area contributed by atoms with Crippen LogP contribution < -0.4 is 10.6 Å². The fourth-order valence-electron chi connectivity index (χ4n) is 1.55. The zero-order valence-electron chi connectivity index (χ0n) is 11.0. The molecular weight excluding hydrogens is 308 g/mol. The Bertz CT molecular complexity index is 635. The SMILES string of the molecule is O=C(CSc1ccccc1Cl)NC(=O)Nc1ccccc1. The molecule has 6 heteroatoms. The number of rotatable bonds is 4. The molecule has 0 bridgehead atoms. The third-order valence-corrected chi connectivity index (χ3v) is 4.00. The Labute approximate surface area is 131 Å². The molecule has 0 unspecified atom stereocenters. The molecule has 0 aromatic heterocycles. The van der Waals surface area contributed by atoms with Crippen LogP contribution in [0.2, 0.25) is 5.02 Å². The van der Waals surface area contributed by atoms with Crippen LogP contribution in [0.25, 0.3) is 0 Å². The maximum Gasteiger partial charge on any atom is 0.325 e. The molecule has 0 aliphatic carbocycles. The predicted octanol–water partition coefficient (Wildman–Crippen LogP) is 3.78. The van der Waals surface area contributed by atoms with Crippen LogP contribution >= 0.6 is 23.4 Å². The van der Waals surface area contributed by atoms with Crippen LogP contribution in [-0.4, -0.2) is 17.7 Å². The number of para-hydroxylation sites is 1. The smallest absolute Gasteiger partial charge is 0.308 e. The summed E-state index contributed by atoms with van der Waals surface area (Å²) >= 11 is 7.27. The Balaban J connectivity index is 1.79. The molecule has 0 saturated carbocycles. The fourth-order valence-corrected chi connectivity index (χ4v) is 2.59. The summed E-state index contributed by atoms with van der Waals surface area (Å²) < 4.78 is 0. The lowest BCUT2D eigenvalue weighted by Crippen LogP contribution is -2.35. The number of carbonyl (C=O) groups is 2. The summed E-state index contributed by atoms with van der Waals surface area (Å²) in [5.74, 6) is -0.264. The number of halogens is 1. The van der Waals surface area contributed by atoms with Crippen molar-refractivity contribution in [2.45, 2.75) is 4.90 Å². The molecule has 0 fully saturated rings. The van der Waals surface area contributed by atoms with Gasteiger partial charge in [0.1, 0.15) is 0 Å². The number of urea groups is 1. The first-order valence-corrected chi connectivity index (χ1v) is 7.55. The van der Waals surface area contributed by atoms with Crippen molar-refractivity contribution >= 4 is 41.0 Å². The number of hydrogen-bond acceptors (Lipinski definition) is 3. The van der Waals surface area contributed by atoms with Crippen molar-refractivity contribution in [1.82, 2.24) is 5.32 Å². The van der Waals surface area contributed by atoms with E-state index >= 15 is 0 Å². The molecule has 4 nitrogen and oxygen atoms in total. The van der Waals surface area contributed by atoms with Crippen LogP contribution in [0.4, 0.5) is 10.5 Å². The Morgan fingerprint density at radius 3 is 2.38 bits per heavy atom. The molecule has 0 saturated heterocycles. The molecule has 0 aliphatic rings. The first kappa shape index (κ1) is 15.4. The van der Waals surface area contributed by atoms with Crippen molar-refractivity contribution in [2.75, 3.05) is 11.1 Å². The second-order valence-corrected chi connectivity index (χ2v) is 5.51. The highest BCUT2D eigenvalue weighted by atomic mass is 35.5. The van der Waals surface area contributed by atoms with E-state index in [0.29, 0.717) is 10.7 Å². The quantitative estimate of drug-likeness (QED) is 0.843. The van der Waals surface area contributed by atoms with Gasteiger partial charge < -0.3 is 5.32 Å². The highest BCUT2D eigenvalue weighted by molar-refractivity contribution is 8.00. The summed E-state index contributed by atoms with van der Waals surface area (Å²) in [6, 6.07) is 15.6. The van der Waals surface area contributed by atoms with Gasteiger partial charge in [-0.1, -0.05) is 41.9 Å². The van der Waals surface area contributed by atoms with Gasteiger partial charge in [0.15, 0.2) is 0 Å². The van der Waals surface area contributed by atoms with Gasteiger partial charge in [0.25, 0.3) is 0 Å². The van der Waals surface area contributed by atoms with Crippen LogP contribution in [0.15, 0.2) is 59.5 Å². The normalized spacial score (nSPS) is 9.95. The van der Waals surface area contributed by atoms with Crippen molar-refractivity contribution in [3.05, 3.63) is 59.6 Å². The fraction of sp³-hybridized carbons (Fsp3) is 0.0667. The summed E-state index contributed by atoms with van der Waals surface area (Å²) in [4.78, 5) is 24.1. The van der Waals surface area contributed by atoms with E-state index in [1.807, 2.05) is 24.3 Å². The molecule has 0 radical (unpaired) electrons. The molecule has 0 heterocycles. The van der Waals surface area contributed by atoms with Crippen LogP contribution in [-0.2, 0) is 4.79 Å². The van der Waals surface area contributed by atoms with Gasteiger partial charge in [-0.25, -0.2) is 4.79 Å². The van der Waals surface area contributed by atoms with Crippen LogP contribution in [0, 0.1) is 0 Å². The maximum atomic E-state index is 11.7. The maximum absolute atomic E-state index is 11.7. The highest BCUT2D eigenvalue weighted by Crippen LogP contribution is 2.26. The lowest BCUT2D eigenvalue weighted by atomic mass is 10.3. The molecule has 0 atom stereocenters. The highest BCUT2D eigenvalue weighted by Gasteiger charge is 2.09. The van der Waals surface area contributed by atoms with E-state index in [1.54, 1.807) is 30.3 Å². The van der Waals surface area contributed by atoms with E-state index in [1.165, 1.54) is 11.8 Å². The molecule has 2 aromatic rings. The summed E-state index contributed by atoms with van der Waals surface area (Å²) in [6.07, 6.45) is 0. The topological polar surface area (TPSA) is 58.2 Å². The molecule has 0 spiro atoms. The Hall–Kier alpha value is -1.98. The van der Waals surface area contributed by atoms with Crippen LogP contribution in [0.1, 0.15) is 0 Å². The summed E-state index contributed by atoms with van der Waals surface area (Å²) in [5, 5.41) is 5.43. The largest absolute Gasteiger partial charge is 0.325 e. The number of imide groups is 1. The number of anilines is 1. The molecule has 108 valence electrons. The molecular formula is C15H13ClN2O2S. The van der Waals surface area contributed by atoms with Gasteiger partial charge in [-0.2, -0.15) is 0 Å². The van der Waals surface area contributed by atoms with Gasteiger partial charge in [-0.3, -0.25) is 10.1 Å². The number of thioether (sulfide) groups is 1. The second kappa shape index (κ2) is 7.71. The summed E-state index contributed by atoms with van der Waals surface area (Å²) in [7, 11) is 0. The zero-order valence-corrected chi connectivity index (χ0v) is 12.6. The van der Waals surface area contributed by atoms with Crippen molar-refractivity contribution in [1.29, 1.82) is 0 Å². The van der Waals surface area contributed by atoms with E-state index in [0.717, 1.165) is 4.90 Å². The van der Waals surface area contributed by atoms with Crippen LogP contribution in [0.5, 0.6) is 0 Å². The molecule has 2 rings (SSSR count). The Kier molecular flexibility index (Phi) is 5.66. The zero-order chi connectivity index (χ0) is 15.1. The standard InChI is InChI=1S/C15H13ClN2O2S/c16-12-8-4-5-9-13(12)21-10-14(19)18-15(20)17-11-6-2-1-3-7-11/h1-9H,10H2,(H2,17,18,19,20). The van der Waals surface area contributed by atoms with Gasteiger partial charge >= 0.3 is 6.03 Å². The first-order chi connectivity index (χ1) is 10.1. The Morgan fingerprint density at radius 1 is 1.00 bits per heavy atom. The van der Waals surface area contributed by atoms with Gasteiger partial charge in [-0.15, -0.1) is 11.8 Å². The molecule has 2 aromatic carbocycles. The number of carbonyl (C=O) groups excluding carboxylic acids is 2. The van der Waals surface area contributed by atoms with Gasteiger partial charge in [-0.05, 0) is 24.3 Å². The summed E-state index contributed by atoms with van der Waals surface area (Å²) in [5.41, 5.74) is 0.626. The van der Waals surface area contributed by atoms with Gasteiger partial charge in [0.05, 0.1) is 10.8 Å². The average Bonchev–Trinajstić information content (AvgIpc) is 2.47. The molecule has 21 heavy (non-hydrogen) atoms. The summed E-state index contributed by atoms with van der Waals surface area (Å²) in [6.45, 7) is 0. The second-order valence-electron chi connectivity index (χ2n) is 4.09. The van der Waals surface area contributed by atoms with Gasteiger partial charge in [0.2, 0.25) is 5.91 Å². The van der Waals surface area contributed by atoms with E-state index in [2.05, 4.69) is 10.6 Å². The van der Waals surface area contributed by atoms with Gasteiger partial charge in [0, 0.05) is 10.6 Å². The first-order valence-electron chi connectivity index (χ1n) is 6.18. The van der Waals surface area contributed by atoms with Crippen molar-refractivity contribution in [3.63, 3.8) is 0 Å². The molecule has 0 aliphatic heterocycles. The third-order valence-electron chi connectivity index (χ3n) is 2.48. The minimum atomic E-state index is -0.550. The van der Waals surface area contributed by atoms with Crippen molar-refractivity contribution in [3.8, 4) is 0 Å². The predicted molar refractivity (Wildman–Crippen MR) is 85.8 cm³/mol. The van der Waals surface area contributed by atoms with Crippen molar-refractivity contribution in [2.24, 2.45) is 0 Å². The van der Waals surface area contributed by atoms with E-state index < -0.39 is 6.03 Å². The lowest BCUT2D eigenvalue weighted by molar-refractivity contribution is -0.117. The number of nitrogens with one attached hydrogen (secondary N) is 2. The molecule has 3 amide bonds. The third kappa shape index (κ3) is 5.13. The van der Waals surface area contributed by atoms with Crippen molar-refractivity contribution < 1.29 is 9.59 Å². The minimum absolute atomic E-state index is 0.117.